The zero-order valence-electron chi connectivity index (χ0n) is 13.1. The van der Waals surface area contributed by atoms with Crippen molar-refractivity contribution in [2.24, 2.45) is 7.05 Å². The second-order valence-corrected chi connectivity index (χ2v) is 5.15. The fourth-order valence-electron chi connectivity index (χ4n) is 2.14. The Morgan fingerprint density at radius 1 is 1.13 bits per heavy atom. The number of aryl methyl sites for hydroxylation is 3. The minimum Gasteiger partial charge on any atom is -0.472 e. The van der Waals surface area contributed by atoms with E-state index in [0.717, 1.165) is 16.8 Å². The van der Waals surface area contributed by atoms with Crippen LogP contribution in [0.3, 0.4) is 0 Å². The van der Waals surface area contributed by atoms with E-state index in [4.69, 9.17) is 4.74 Å². The molecular formula is C15H16N6O2. The Hall–Kier alpha value is -3.03. The van der Waals surface area contributed by atoms with Crippen molar-refractivity contribution in [2.45, 2.75) is 20.5 Å². The first kappa shape index (κ1) is 14.9. The normalized spacial score (nSPS) is 10.7. The smallest absolute Gasteiger partial charge is 0.368 e. The van der Waals surface area contributed by atoms with E-state index in [1.807, 2.05) is 32.0 Å². The van der Waals surface area contributed by atoms with Crippen LogP contribution < -0.4 is 10.4 Å². The molecule has 0 saturated heterocycles. The molecule has 8 nitrogen and oxygen atoms in total. The Bertz CT molecular complexity index is 882. The molecule has 0 fully saturated rings. The molecule has 0 bridgehead atoms. The molecule has 118 valence electrons. The molecule has 0 N–H and O–H groups in total. The van der Waals surface area contributed by atoms with Crippen LogP contribution in [0.4, 0.5) is 0 Å². The highest BCUT2D eigenvalue weighted by Crippen LogP contribution is 2.18. The fraction of sp³-hybridized carbons (Fsp3) is 0.267. The van der Waals surface area contributed by atoms with Crippen molar-refractivity contribution in [3.05, 3.63) is 57.9 Å². The van der Waals surface area contributed by atoms with Crippen molar-refractivity contribution < 1.29 is 4.74 Å². The van der Waals surface area contributed by atoms with E-state index in [2.05, 4.69) is 20.4 Å². The summed E-state index contributed by atoms with van der Waals surface area (Å²) in [4.78, 5) is 20.4. The van der Waals surface area contributed by atoms with Crippen LogP contribution in [0.2, 0.25) is 0 Å². The summed E-state index contributed by atoms with van der Waals surface area (Å²) >= 11 is 0. The third kappa shape index (κ3) is 2.96. The van der Waals surface area contributed by atoms with E-state index in [1.165, 1.54) is 9.36 Å². The van der Waals surface area contributed by atoms with Crippen LogP contribution in [-0.4, -0.2) is 29.8 Å². The zero-order chi connectivity index (χ0) is 16.4. The molecule has 0 unspecified atom stereocenters. The molecule has 0 aliphatic heterocycles. The van der Waals surface area contributed by atoms with Crippen LogP contribution in [0.5, 0.6) is 5.88 Å². The van der Waals surface area contributed by atoms with Gasteiger partial charge in [-0.05, 0) is 35.9 Å². The molecule has 0 saturated carbocycles. The van der Waals surface area contributed by atoms with E-state index in [0.29, 0.717) is 11.6 Å². The first-order valence-corrected chi connectivity index (χ1v) is 7.05. The second kappa shape index (κ2) is 5.99. The fourth-order valence-corrected chi connectivity index (χ4v) is 2.14. The third-order valence-electron chi connectivity index (χ3n) is 3.46. The number of aromatic nitrogens is 6. The summed E-state index contributed by atoms with van der Waals surface area (Å²) in [6.45, 7) is 4.06. The predicted molar refractivity (Wildman–Crippen MR) is 82.4 cm³/mol. The number of tetrazole rings is 1. The lowest BCUT2D eigenvalue weighted by Crippen LogP contribution is -2.23. The van der Waals surface area contributed by atoms with Crippen molar-refractivity contribution >= 4 is 0 Å². The quantitative estimate of drug-likeness (QED) is 0.713. The van der Waals surface area contributed by atoms with E-state index in [-0.39, 0.29) is 12.3 Å². The summed E-state index contributed by atoms with van der Waals surface area (Å²) in [5, 5.41) is 7.63. The summed E-state index contributed by atoms with van der Waals surface area (Å²) in [5.41, 5.74) is 2.98. The average Bonchev–Trinajstić information content (AvgIpc) is 2.87. The van der Waals surface area contributed by atoms with Crippen LogP contribution in [0.1, 0.15) is 16.8 Å². The van der Waals surface area contributed by atoms with Gasteiger partial charge in [0.25, 0.3) is 0 Å². The maximum absolute atomic E-state index is 12.1. The van der Waals surface area contributed by atoms with Gasteiger partial charge in [0.15, 0.2) is 0 Å². The number of benzene rings is 1. The van der Waals surface area contributed by atoms with Gasteiger partial charge in [-0.15, -0.1) is 0 Å². The molecule has 0 spiro atoms. The van der Waals surface area contributed by atoms with E-state index >= 15 is 0 Å². The van der Waals surface area contributed by atoms with Gasteiger partial charge in [-0.2, -0.15) is 9.36 Å². The van der Waals surface area contributed by atoms with Gasteiger partial charge in [-0.1, -0.05) is 12.1 Å². The Balaban J connectivity index is 1.94. The summed E-state index contributed by atoms with van der Waals surface area (Å²) in [6.07, 6.45) is 3.21. The van der Waals surface area contributed by atoms with Crippen LogP contribution in [0, 0.1) is 13.8 Å². The largest absolute Gasteiger partial charge is 0.472 e. The molecule has 0 aliphatic carbocycles. The van der Waals surface area contributed by atoms with Gasteiger partial charge in [0, 0.05) is 12.6 Å². The van der Waals surface area contributed by atoms with Gasteiger partial charge in [0.2, 0.25) is 5.88 Å². The van der Waals surface area contributed by atoms with Gasteiger partial charge in [-0.25, -0.2) is 9.78 Å². The third-order valence-corrected chi connectivity index (χ3v) is 3.46. The van der Waals surface area contributed by atoms with Crippen molar-refractivity contribution in [1.82, 2.24) is 29.8 Å². The molecule has 1 aromatic carbocycles. The lowest BCUT2D eigenvalue weighted by atomic mass is 10.1. The molecule has 8 heteroatoms. The van der Waals surface area contributed by atoms with Gasteiger partial charge in [0.1, 0.15) is 6.61 Å². The summed E-state index contributed by atoms with van der Waals surface area (Å²) in [6, 6.07) is 5.62. The standard InChI is InChI=1S/C15H16N6O2/c1-10-5-4-6-13(21-15(22)20(3)18-19-21)12(10)9-23-14-8-16-11(2)7-17-14/h4-8H,9H2,1-3H3. The molecular weight excluding hydrogens is 296 g/mol. The molecule has 23 heavy (non-hydrogen) atoms. The molecule has 0 atom stereocenters. The monoisotopic (exact) mass is 312 g/mol. The number of nitrogens with zero attached hydrogens (tertiary/aromatic N) is 6. The van der Waals surface area contributed by atoms with Crippen molar-refractivity contribution in [3.63, 3.8) is 0 Å². The highest BCUT2D eigenvalue weighted by Gasteiger charge is 2.13. The minimum absolute atomic E-state index is 0.253. The van der Waals surface area contributed by atoms with E-state index in [9.17, 15) is 4.79 Å². The van der Waals surface area contributed by atoms with Gasteiger partial charge < -0.3 is 4.74 Å². The molecule has 2 aromatic heterocycles. The maximum atomic E-state index is 12.1. The topological polar surface area (TPSA) is 87.7 Å². The minimum atomic E-state index is -0.313. The average molecular weight is 312 g/mol. The van der Waals surface area contributed by atoms with Crippen molar-refractivity contribution in [3.8, 4) is 11.6 Å². The zero-order valence-corrected chi connectivity index (χ0v) is 13.1. The van der Waals surface area contributed by atoms with Crippen molar-refractivity contribution in [2.75, 3.05) is 0 Å². The summed E-state index contributed by atoms with van der Waals surface area (Å²) in [5.74, 6) is 0.427. The van der Waals surface area contributed by atoms with Gasteiger partial charge in [0.05, 0.1) is 23.8 Å². The SMILES string of the molecule is Cc1cnc(OCc2c(C)cccc2-n2nnn(C)c2=O)cn1. The Morgan fingerprint density at radius 3 is 2.61 bits per heavy atom. The molecule has 2 heterocycles. The maximum Gasteiger partial charge on any atom is 0.368 e. The number of hydrogen-bond acceptors (Lipinski definition) is 6. The van der Waals surface area contributed by atoms with E-state index in [1.54, 1.807) is 19.4 Å². The first-order chi connectivity index (χ1) is 11.1. The van der Waals surface area contributed by atoms with Crippen LogP contribution in [0.25, 0.3) is 5.69 Å². The van der Waals surface area contributed by atoms with Crippen molar-refractivity contribution in [1.29, 1.82) is 0 Å². The van der Waals surface area contributed by atoms with Crippen LogP contribution >= 0.6 is 0 Å². The summed E-state index contributed by atoms with van der Waals surface area (Å²) in [7, 11) is 1.56. The van der Waals surface area contributed by atoms with E-state index < -0.39 is 0 Å². The number of hydrogen-bond donors (Lipinski definition) is 0. The highest BCUT2D eigenvalue weighted by atomic mass is 16.5. The predicted octanol–water partition coefficient (Wildman–Crippen LogP) is 0.952. The highest BCUT2D eigenvalue weighted by molar-refractivity contribution is 5.44. The first-order valence-electron chi connectivity index (χ1n) is 7.05. The molecule has 0 radical (unpaired) electrons. The molecule has 3 rings (SSSR count). The molecule has 3 aromatic rings. The van der Waals surface area contributed by atoms with Gasteiger partial charge in [-0.3, -0.25) is 4.98 Å². The number of rotatable bonds is 4. The second-order valence-electron chi connectivity index (χ2n) is 5.15. The van der Waals surface area contributed by atoms with Crippen LogP contribution in [-0.2, 0) is 13.7 Å². The molecule has 0 amide bonds. The molecule has 0 aliphatic rings. The lowest BCUT2D eigenvalue weighted by Gasteiger charge is -2.12. The summed E-state index contributed by atoms with van der Waals surface area (Å²) < 4.78 is 8.13. The number of ether oxygens (including phenoxy) is 1. The van der Waals surface area contributed by atoms with Gasteiger partial charge >= 0.3 is 5.69 Å². The Labute approximate surface area is 132 Å². The van der Waals surface area contributed by atoms with Crippen LogP contribution in [0.15, 0.2) is 35.4 Å². The Kier molecular flexibility index (Phi) is 3.88. The Morgan fingerprint density at radius 2 is 1.96 bits per heavy atom. The lowest BCUT2D eigenvalue weighted by molar-refractivity contribution is 0.291.